The van der Waals surface area contributed by atoms with E-state index in [4.69, 9.17) is 4.74 Å². The van der Waals surface area contributed by atoms with Crippen molar-refractivity contribution in [3.8, 4) is 0 Å². The third-order valence-corrected chi connectivity index (χ3v) is 4.33. The predicted octanol–water partition coefficient (Wildman–Crippen LogP) is 4.05. The molecule has 0 bridgehead atoms. The van der Waals surface area contributed by atoms with Crippen LogP contribution >= 0.6 is 0 Å². The molecule has 0 fully saturated rings. The Morgan fingerprint density at radius 3 is 2.70 bits per heavy atom. The molecule has 2 atom stereocenters. The maximum Gasteiger partial charge on any atom is 0.314 e. The van der Waals surface area contributed by atoms with E-state index in [-0.39, 0.29) is 5.92 Å². The van der Waals surface area contributed by atoms with Gasteiger partial charge in [0.15, 0.2) is 0 Å². The number of carboxylic acid groups (broad SMARTS) is 1. The lowest BCUT2D eigenvalue weighted by Gasteiger charge is -2.39. The highest BCUT2D eigenvalue weighted by Gasteiger charge is 2.45. The summed E-state index contributed by atoms with van der Waals surface area (Å²) in [6.07, 6.45) is 9.20. The lowest BCUT2D eigenvalue weighted by molar-refractivity contribution is -0.149. The summed E-state index contributed by atoms with van der Waals surface area (Å²) in [6.45, 7) is 6.98. The first-order valence-corrected chi connectivity index (χ1v) is 7.58. The smallest absolute Gasteiger partial charge is 0.314 e. The number of rotatable bonds is 8. The van der Waals surface area contributed by atoms with E-state index < -0.39 is 11.4 Å². The van der Waals surface area contributed by atoms with Gasteiger partial charge in [0.25, 0.3) is 0 Å². The van der Waals surface area contributed by atoms with Gasteiger partial charge in [-0.15, -0.1) is 0 Å². The average Bonchev–Trinajstić information content (AvgIpc) is 2.42. The van der Waals surface area contributed by atoms with Crippen molar-refractivity contribution in [2.24, 2.45) is 17.3 Å². The van der Waals surface area contributed by atoms with Gasteiger partial charge in [0.1, 0.15) is 0 Å². The Bertz CT molecular complexity index is 382. The first-order chi connectivity index (χ1) is 9.47. The molecule has 0 radical (unpaired) electrons. The van der Waals surface area contributed by atoms with Crippen LogP contribution in [0.2, 0.25) is 0 Å². The van der Waals surface area contributed by atoms with Gasteiger partial charge >= 0.3 is 5.97 Å². The monoisotopic (exact) mass is 280 g/mol. The number of ether oxygens (including phenoxy) is 1. The van der Waals surface area contributed by atoms with Crippen molar-refractivity contribution < 1.29 is 14.6 Å². The van der Waals surface area contributed by atoms with Crippen molar-refractivity contribution in [1.29, 1.82) is 0 Å². The van der Waals surface area contributed by atoms with Gasteiger partial charge in [-0.05, 0) is 31.6 Å². The van der Waals surface area contributed by atoms with E-state index in [9.17, 15) is 9.90 Å². The Morgan fingerprint density at radius 2 is 2.20 bits per heavy atom. The summed E-state index contributed by atoms with van der Waals surface area (Å²) < 4.78 is 5.19. The van der Waals surface area contributed by atoms with E-state index >= 15 is 0 Å². The highest BCUT2D eigenvalue weighted by molar-refractivity contribution is 5.79. The molecule has 0 aliphatic heterocycles. The fourth-order valence-corrected chi connectivity index (χ4v) is 3.06. The van der Waals surface area contributed by atoms with E-state index in [0.717, 1.165) is 19.3 Å². The Hall–Kier alpha value is -1.09. The summed E-state index contributed by atoms with van der Waals surface area (Å²) in [5.74, 6) is -0.137. The first-order valence-electron chi connectivity index (χ1n) is 7.58. The zero-order valence-corrected chi connectivity index (χ0v) is 13.2. The molecule has 0 saturated heterocycles. The number of carboxylic acids is 1. The molecule has 3 nitrogen and oxygen atoms in total. The molecule has 0 aromatic heterocycles. The molecule has 2 unspecified atom stereocenters. The summed E-state index contributed by atoms with van der Waals surface area (Å²) in [4.78, 5) is 12.0. The highest BCUT2D eigenvalue weighted by atomic mass is 16.5. The van der Waals surface area contributed by atoms with Gasteiger partial charge in [-0.2, -0.15) is 0 Å². The van der Waals surface area contributed by atoms with Gasteiger partial charge in [-0.3, -0.25) is 4.79 Å². The van der Waals surface area contributed by atoms with E-state index in [2.05, 4.69) is 26.8 Å². The largest absolute Gasteiger partial charge is 0.481 e. The zero-order chi connectivity index (χ0) is 15.2. The van der Waals surface area contributed by atoms with Crippen LogP contribution < -0.4 is 0 Å². The molecular weight excluding hydrogens is 252 g/mol. The van der Waals surface area contributed by atoms with Gasteiger partial charge < -0.3 is 9.84 Å². The summed E-state index contributed by atoms with van der Waals surface area (Å²) in [7, 11) is 1.67. The summed E-state index contributed by atoms with van der Waals surface area (Å²) >= 11 is 0. The van der Waals surface area contributed by atoms with Crippen LogP contribution in [0.25, 0.3) is 0 Å². The molecule has 1 rings (SSSR count). The zero-order valence-electron chi connectivity index (χ0n) is 13.2. The van der Waals surface area contributed by atoms with Crippen LogP contribution in [-0.2, 0) is 9.53 Å². The van der Waals surface area contributed by atoms with Crippen LogP contribution in [0.5, 0.6) is 0 Å². The van der Waals surface area contributed by atoms with Gasteiger partial charge in [-0.1, -0.05) is 44.6 Å². The Labute approximate surface area is 122 Å². The Balaban J connectivity index is 3.06. The van der Waals surface area contributed by atoms with E-state index in [1.165, 1.54) is 5.57 Å². The molecular formula is C17H28O3. The van der Waals surface area contributed by atoms with Crippen LogP contribution in [0.15, 0.2) is 23.8 Å². The summed E-state index contributed by atoms with van der Waals surface area (Å²) in [5.41, 5.74) is 0.471. The number of aliphatic carboxylic acids is 1. The minimum atomic E-state index is -0.761. The summed E-state index contributed by atoms with van der Waals surface area (Å²) in [6, 6.07) is 0. The van der Waals surface area contributed by atoms with Crippen molar-refractivity contribution in [2.45, 2.75) is 46.5 Å². The molecule has 20 heavy (non-hydrogen) atoms. The van der Waals surface area contributed by atoms with E-state index in [0.29, 0.717) is 18.9 Å². The molecule has 1 aliphatic rings. The van der Waals surface area contributed by atoms with E-state index in [1.54, 1.807) is 7.11 Å². The average molecular weight is 280 g/mol. The molecule has 0 saturated carbocycles. The minimum absolute atomic E-state index is 0.0497. The van der Waals surface area contributed by atoms with E-state index in [1.807, 2.05) is 12.2 Å². The van der Waals surface area contributed by atoms with Gasteiger partial charge in [-0.25, -0.2) is 0 Å². The molecule has 0 aromatic rings. The molecule has 3 heteroatoms. The standard InChI is InChI=1S/C17H28O3/c1-5-14-7-6-10-17(16(18)19,11-8-13(2)3)15(14)9-12-20-4/h6-7,10,13,15H,5,8-9,11-12H2,1-4H3,(H,18,19). The van der Waals surface area contributed by atoms with Gasteiger partial charge in [0.05, 0.1) is 5.41 Å². The quantitative estimate of drug-likeness (QED) is 0.729. The third kappa shape index (κ3) is 3.72. The maximum absolute atomic E-state index is 12.0. The first kappa shape index (κ1) is 17.0. The second-order valence-electron chi connectivity index (χ2n) is 6.07. The fraction of sp³-hybridized carbons (Fsp3) is 0.706. The number of hydrogen-bond donors (Lipinski definition) is 1. The van der Waals surface area contributed by atoms with Gasteiger partial charge in [0, 0.05) is 19.6 Å². The minimum Gasteiger partial charge on any atom is -0.481 e. The number of methoxy groups -OCH3 is 1. The molecule has 0 aromatic carbocycles. The Kier molecular flexibility index (Phi) is 6.47. The van der Waals surface area contributed by atoms with Gasteiger partial charge in [0.2, 0.25) is 0 Å². The molecule has 0 amide bonds. The van der Waals surface area contributed by atoms with Crippen molar-refractivity contribution in [2.75, 3.05) is 13.7 Å². The summed E-state index contributed by atoms with van der Waals surface area (Å²) in [5, 5.41) is 9.87. The second-order valence-corrected chi connectivity index (χ2v) is 6.07. The van der Waals surface area contributed by atoms with Crippen molar-refractivity contribution in [3.63, 3.8) is 0 Å². The second kappa shape index (κ2) is 7.63. The topological polar surface area (TPSA) is 46.5 Å². The van der Waals surface area contributed by atoms with Crippen LogP contribution in [0, 0.1) is 17.3 Å². The number of hydrogen-bond acceptors (Lipinski definition) is 2. The SMILES string of the molecule is CCC1=CC=CC(CCC(C)C)(C(=O)O)C1CCOC. The van der Waals surface area contributed by atoms with Crippen LogP contribution in [0.1, 0.15) is 46.5 Å². The van der Waals surface area contributed by atoms with Crippen molar-refractivity contribution >= 4 is 5.97 Å². The predicted molar refractivity (Wildman–Crippen MR) is 81.6 cm³/mol. The highest BCUT2D eigenvalue weighted by Crippen LogP contribution is 2.45. The third-order valence-electron chi connectivity index (χ3n) is 4.33. The van der Waals surface area contributed by atoms with Crippen LogP contribution in [0.3, 0.4) is 0 Å². The Morgan fingerprint density at radius 1 is 1.50 bits per heavy atom. The number of carbonyl (C=O) groups is 1. The number of allylic oxidation sites excluding steroid dienone is 3. The molecule has 114 valence electrons. The molecule has 1 N–H and O–H groups in total. The fourth-order valence-electron chi connectivity index (χ4n) is 3.06. The lowest BCUT2D eigenvalue weighted by Crippen LogP contribution is -2.40. The molecule has 0 heterocycles. The lowest BCUT2D eigenvalue weighted by atomic mass is 9.64. The molecule has 0 spiro atoms. The normalized spacial score (nSPS) is 25.9. The molecule has 1 aliphatic carbocycles. The van der Waals surface area contributed by atoms with Crippen LogP contribution in [0.4, 0.5) is 0 Å². The maximum atomic E-state index is 12.0. The van der Waals surface area contributed by atoms with Crippen LogP contribution in [-0.4, -0.2) is 24.8 Å². The van der Waals surface area contributed by atoms with Crippen molar-refractivity contribution in [1.82, 2.24) is 0 Å². The van der Waals surface area contributed by atoms with Crippen molar-refractivity contribution in [3.05, 3.63) is 23.8 Å².